The molecule has 0 aliphatic carbocycles. The van der Waals surface area contributed by atoms with E-state index in [4.69, 9.17) is 0 Å². The highest BCUT2D eigenvalue weighted by Crippen LogP contribution is 2.36. The molecular formula is C24H28F4N6O2. The van der Waals surface area contributed by atoms with Gasteiger partial charge < -0.3 is 24.8 Å². The number of benzene rings is 1. The maximum atomic E-state index is 14.6. The van der Waals surface area contributed by atoms with Gasteiger partial charge in [0, 0.05) is 50.9 Å². The van der Waals surface area contributed by atoms with Crippen molar-refractivity contribution < 1.29 is 27.5 Å². The second kappa shape index (κ2) is 9.47. The van der Waals surface area contributed by atoms with Gasteiger partial charge in [0.25, 0.3) is 0 Å². The molecule has 8 nitrogen and oxygen atoms in total. The van der Waals surface area contributed by atoms with E-state index in [1.165, 1.54) is 6.92 Å². The summed E-state index contributed by atoms with van der Waals surface area (Å²) >= 11 is 0. The predicted molar refractivity (Wildman–Crippen MR) is 127 cm³/mol. The number of hydrogen-bond acceptors (Lipinski definition) is 6. The number of nitrogens with zero attached hydrogens (tertiary/aromatic N) is 5. The summed E-state index contributed by atoms with van der Waals surface area (Å²) in [6.07, 6.45) is -2.96. The molecule has 0 spiro atoms. The number of piperazine rings is 1. The van der Waals surface area contributed by atoms with Crippen LogP contribution in [0.2, 0.25) is 0 Å². The van der Waals surface area contributed by atoms with Crippen molar-refractivity contribution in [3.05, 3.63) is 41.3 Å². The third-order valence-corrected chi connectivity index (χ3v) is 6.37. The molecule has 1 amide bonds. The SMILES string of the molecule is CC(=O)N1CCN(c2nc(N[C@H](C)c3ccc(C(F)(F)F)cc3F)c3cn(C(C)C)c(O)c3n2)CC1. The summed E-state index contributed by atoms with van der Waals surface area (Å²) in [5.41, 5.74) is -0.726. The number of anilines is 2. The molecule has 0 saturated carbocycles. The summed E-state index contributed by atoms with van der Waals surface area (Å²) in [4.78, 5) is 24.5. The molecule has 0 unspecified atom stereocenters. The van der Waals surface area contributed by atoms with E-state index < -0.39 is 23.6 Å². The van der Waals surface area contributed by atoms with Gasteiger partial charge in [-0.15, -0.1) is 0 Å². The molecule has 2 aromatic heterocycles. The van der Waals surface area contributed by atoms with Crippen molar-refractivity contribution in [3.63, 3.8) is 0 Å². The van der Waals surface area contributed by atoms with E-state index in [-0.39, 0.29) is 23.4 Å². The number of fused-ring (bicyclic) bond motifs is 1. The Morgan fingerprint density at radius 1 is 1.11 bits per heavy atom. The summed E-state index contributed by atoms with van der Waals surface area (Å²) in [6, 6.07) is 1.60. The fraction of sp³-hybridized carbons (Fsp3) is 0.458. The molecule has 1 atom stereocenters. The Labute approximate surface area is 205 Å². The highest BCUT2D eigenvalue weighted by atomic mass is 19.4. The molecule has 1 aliphatic rings. The second-order valence-electron chi connectivity index (χ2n) is 9.18. The Morgan fingerprint density at radius 3 is 2.33 bits per heavy atom. The largest absolute Gasteiger partial charge is 0.493 e. The molecule has 2 N–H and O–H groups in total. The van der Waals surface area contributed by atoms with Crippen LogP contribution in [0.1, 0.15) is 50.9 Å². The van der Waals surface area contributed by atoms with Gasteiger partial charge in [-0.05, 0) is 32.9 Å². The van der Waals surface area contributed by atoms with Crippen molar-refractivity contribution in [1.82, 2.24) is 19.4 Å². The highest BCUT2D eigenvalue weighted by molar-refractivity contribution is 5.94. The van der Waals surface area contributed by atoms with E-state index in [9.17, 15) is 27.5 Å². The van der Waals surface area contributed by atoms with Crippen LogP contribution >= 0.6 is 0 Å². The Bertz CT molecular complexity index is 1280. The molecule has 1 fully saturated rings. The summed E-state index contributed by atoms with van der Waals surface area (Å²) in [5.74, 6) is -0.427. The molecule has 0 bridgehead atoms. The third kappa shape index (κ3) is 4.89. The van der Waals surface area contributed by atoms with Crippen molar-refractivity contribution >= 4 is 28.6 Å². The van der Waals surface area contributed by atoms with Gasteiger partial charge in [0.2, 0.25) is 17.7 Å². The number of aromatic nitrogens is 3. The first kappa shape index (κ1) is 25.5. The number of rotatable bonds is 5. The Kier molecular flexibility index (Phi) is 6.72. The summed E-state index contributed by atoms with van der Waals surface area (Å²) in [7, 11) is 0. The molecule has 3 aromatic rings. The van der Waals surface area contributed by atoms with E-state index in [1.807, 2.05) is 18.7 Å². The molecule has 194 valence electrons. The van der Waals surface area contributed by atoms with Crippen molar-refractivity contribution in [2.45, 2.75) is 46.0 Å². The number of amides is 1. The number of hydrogen-bond donors (Lipinski definition) is 2. The van der Waals surface area contributed by atoms with E-state index in [1.54, 1.807) is 22.6 Å². The third-order valence-electron chi connectivity index (χ3n) is 6.37. The highest BCUT2D eigenvalue weighted by Gasteiger charge is 2.32. The first-order valence-corrected chi connectivity index (χ1v) is 11.6. The van der Waals surface area contributed by atoms with Crippen LogP contribution in [0.15, 0.2) is 24.4 Å². The van der Waals surface area contributed by atoms with Gasteiger partial charge in [0.05, 0.1) is 17.0 Å². The summed E-state index contributed by atoms with van der Waals surface area (Å²) < 4.78 is 55.2. The smallest absolute Gasteiger partial charge is 0.416 e. The molecule has 12 heteroatoms. The molecule has 3 heterocycles. The zero-order chi connectivity index (χ0) is 26.4. The second-order valence-corrected chi connectivity index (χ2v) is 9.18. The van der Waals surface area contributed by atoms with Crippen LogP contribution < -0.4 is 10.2 Å². The zero-order valence-corrected chi connectivity index (χ0v) is 20.4. The van der Waals surface area contributed by atoms with Gasteiger partial charge >= 0.3 is 6.18 Å². The zero-order valence-electron chi connectivity index (χ0n) is 20.4. The van der Waals surface area contributed by atoms with E-state index in [2.05, 4.69) is 15.3 Å². The number of alkyl halides is 3. The van der Waals surface area contributed by atoms with E-state index in [0.29, 0.717) is 54.9 Å². The quantitative estimate of drug-likeness (QED) is 0.486. The molecule has 4 rings (SSSR count). The van der Waals surface area contributed by atoms with Crippen molar-refractivity contribution in [2.24, 2.45) is 0 Å². The number of nitrogens with one attached hydrogen (secondary N) is 1. The van der Waals surface area contributed by atoms with Gasteiger partial charge in [0.1, 0.15) is 17.2 Å². The van der Waals surface area contributed by atoms with Crippen LogP contribution in [0.5, 0.6) is 5.88 Å². The van der Waals surface area contributed by atoms with E-state index in [0.717, 1.165) is 12.1 Å². The minimum atomic E-state index is -4.65. The van der Waals surface area contributed by atoms with Gasteiger partial charge in [-0.3, -0.25) is 4.79 Å². The minimum absolute atomic E-state index is 0.0209. The predicted octanol–water partition coefficient (Wildman–Crippen LogP) is 4.72. The van der Waals surface area contributed by atoms with Crippen LogP contribution in [-0.2, 0) is 11.0 Å². The van der Waals surface area contributed by atoms with Crippen molar-refractivity contribution in [1.29, 1.82) is 0 Å². The number of halogens is 4. The maximum Gasteiger partial charge on any atom is 0.416 e. The Balaban J connectivity index is 1.71. The molecule has 1 saturated heterocycles. The van der Waals surface area contributed by atoms with Gasteiger partial charge in [-0.2, -0.15) is 18.2 Å². The van der Waals surface area contributed by atoms with Crippen molar-refractivity contribution in [2.75, 3.05) is 36.4 Å². The fourth-order valence-electron chi connectivity index (χ4n) is 4.28. The Hall–Kier alpha value is -3.57. The number of carbonyl (C=O) groups is 1. The van der Waals surface area contributed by atoms with Gasteiger partial charge in [0.15, 0.2) is 0 Å². The lowest BCUT2D eigenvalue weighted by Crippen LogP contribution is -2.48. The standard InChI is InChI=1S/C24H28F4N6O2/c1-13(2)34-12-18-20(22(34)36)30-23(33-9-7-32(8-10-33)15(4)35)31-21(18)29-14(3)17-6-5-16(11-19(17)25)24(26,27)28/h5-6,11-14,36H,7-10H2,1-4H3,(H,29,30,31)/t14-/m1/s1. The Morgan fingerprint density at radius 2 is 1.78 bits per heavy atom. The van der Waals surface area contributed by atoms with Crippen LogP contribution in [0, 0.1) is 5.82 Å². The molecule has 36 heavy (non-hydrogen) atoms. The normalized spacial score (nSPS) is 15.6. The van der Waals surface area contributed by atoms with Crippen LogP contribution in [0.25, 0.3) is 10.9 Å². The summed E-state index contributed by atoms with van der Waals surface area (Å²) in [5, 5.41) is 14.4. The maximum absolute atomic E-state index is 14.6. The molecule has 0 radical (unpaired) electrons. The molecule has 1 aliphatic heterocycles. The van der Waals surface area contributed by atoms with Crippen LogP contribution in [0.3, 0.4) is 0 Å². The first-order valence-electron chi connectivity index (χ1n) is 11.6. The molecular weight excluding hydrogens is 480 g/mol. The van der Waals surface area contributed by atoms with Gasteiger partial charge in [-0.1, -0.05) is 6.07 Å². The van der Waals surface area contributed by atoms with Crippen LogP contribution in [-0.4, -0.2) is 56.6 Å². The average Bonchev–Trinajstić information content (AvgIpc) is 3.15. The average molecular weight is 509 g/mol. The topological polar surface area (TPSA) is 86.5 Å². The lowest BCUT2D eigenvalue weighted by molar-refractivity contribution is -0.137. The summed E-state index contributed by atoms with van der Waals surface area (Å²) in [6.45, 7) is 8.86. The number of carbonyl (C=O) groups excluding carboxylic acids is 1. The van der Waals surface area contributed by atoms with Crippen LogP contribution in [0.4, 0.5) is 29.3 Å². The van der Waals surface area contributed by atoms with Gasteiger partial charge in [-0.25, -0.2) is 9.37 Å². The fourth-order valence-corrected chi connectivity index (χ4v) is 4.28. The lowest BCUT2D eigenvalue weighted by atomic mass is 10.0. The van der Waals surface area contributed by atoms with Crippen molar-refractivity contribution in [3.8, 4) is 5.88 Å². The molecule has 1 aromatic carbocycles. The minimum Gasteiger partial charge on any atom is -0.493 e. The first-order chi connectivity index (χ1) is 16.9. The lowest BCUT2D eigenvalue weighted by Gasteiger charge is -2.34. The van der Waals surface area contributed by atoms with E-state index >= 15 is 0 Å². The number of aromatic hydroxyl groups is 1. The monoisotopic (exact) mass is 508 g/mol.